The molecular formula is C17H23BrClN3O2. The molecule has 1 N–H and O–H groups in total. The van der Waals surface area contributed by atoms with E-state index in [9.17, 15) is 9.59 Å². The molecule has 3 rings (SSSR count). The predicted octanol–water partition coefficient (Wildman–Crippen LogP) is 2.43. The van der Waals surface area contributed by atoms with Crippen molar-refractivity contribution in [2.45, 2.75) is 25.3 Å². The second kappa shape index (κ2) is 8.32. The Bertz CT molecular complexity index is 607. The Balaban J connectivity index is 0.00000208. The summed E-state index contributed by atoms with van der Waals surface area (Å²) in [4.78, 5) is 29.0. The van der Waals surface area contributed by atoms with Crippen LogP contribution in [0, 0.1) is 5.92 Å². The number of hydrogen-bond acceptors (Lipinski definition) is 3. The fourth-order valence-corrected chi connectivity index (χ4v) is 3.94. The number of carbonyl (C=O) groups excluding carboxylic acids is 2. The molecule has 1 unspecified atom stereocenters. The van der Waals surface area contributed by atoms with Crippen molar-refractivity contribution in [1.29, 1.82) is 0 Å². The predicted molar refractivity (Wildman–Crippen MR) is 101 cm³/mol. The van der Waals surface area contributed by atoms with Crippen LogP contribution in [0.3, 0.4) is 0 Å². The third-order valence-electron chi connectivity index (χ3n) is 4.85. The Morgan fingerprint density at radius 3 is 2.58 bits per heavy atom. The summed E-state index contributed by atoms with van der Waals surface area (Å²) < 4.78 is 0.883. The molecule has 0 aromatic heterocycles. The summed E-state index contributed by atoms with van der Waals surface area (Å²) in [5, 5.41) is 3.30. The van der Waals surface area contributed by atoms with E-state index in [1.807, 2.05) is 31.3 Å². The molecule has 0 aliphatic carbocycles. The van der Waals surface area contributed by atoms with Crippen LogP contribution in [0.5, 0.6) is 0 Å². The molecule has 1 aromatic carbocycles. The number of piperidine rings is 1. The highest BCUT2D eigenvalue weighted by Crippen LogP contribution is 2.32. The minimum absolute atomic E-state index is 0. The van der Waals surface area contributed by atoms with Gasteiger partial charge in [-0.25, -0.2) is 0 Å². The quantitative estimate of drug-likeness (QED) is 0.770. The maximum absolute atomic E-state index is 12.8. The highest BCUT2D eigenvalue weighted by atomic mass is 79.9. The Morgan fingerprint density at radius 1 is 1.25 bits per heavy atom. The first-order valence-electron chi connectivity index (χ1n) is 8.13. The maximum Gasteiger partial charge on any atom is 0.239 e. The van der Waals surface area contributed by atoms with Crippen LogP contribution in [0.2, 0.25) is 0 Å². The molecule has 24 heavy (non-hydrogen) atoms. The van der Waals surface area contributed by atoms with E-state index in [0.717, 1.165) is 36.1 Å². The van der Waals surface area contributed by atoms with Crippen molar-refractivity contribution in [3.05, 3.63) is 28.7 Å². The first kappa shape index (κ1) is 19.2. The highest BCUT2D eigenvalue weighted by molar-refractivity contribution is 9.10. The van der Waals surface area contributed by atoms with Crippen molar-refractivity contribution in [3.8, 4) is 0 Å². The van der Waals surface area contributed by atoms with Crippen LogP contribution in [0.25, 0.3) is 0 Å². The van der Waals surface area contributed by atoms with Crippen LogP contribution in [-0.2, 0) is 9.59 Å². The maximum atomic E-state index is 12.8. The summed E-state index contributed by atoms with van der Waals surface area (Å²) in [7, 11) is 1.84. The molecule has 7 heteroatoms. The number of hydrogen-bond donors (Lipinski definition) is 1. The lowest BCUT2D eigenvalue weighted by atomic mass is 10.0. The van der Waals surface area contributed by atoms with E-state index in [4.69, 9.17) is 0 Å². The minimum Gasteiger partial charge on any atom is -0.342 e. The molecule has 2 saturated heterocycles. The number of nitrogens with zero attached hydrogens (tertiary/aromatic N) is 2. The number of halogens is 2. The lowest BCUT2D eigenvalue weighted by molar-refractivity contribution is -0.140. The van der Waals surface area contributed by atoms with Gasteiger partial charge in [-0.3, -0.25) is 9.59 Å². The first-order chi connectivity index (χ1) is 11.1. The van der Waals surface area contributed by atoms with Crippen LogP contribution in [0.1, 0.15) is 19.3 Å². The Morgan fingerprint density at radius 2 is 1.92 bits per heavy atom. The van der Waals surface area contributed by atoms with Crippen LogP contribution < -0.4 is 10.2 Å². The summed E-state index contributed by atoms with van der Waals surface area (Å²) in [6.07, 6.45) is 2.50. The van der Waals surface area contributed by atoms with Crippen LogP contribution >= 0.6 is 28.3 Å². The fraction of sp³-hybridized carbons (Fsp3) is 0.529. The molecule has 2 aliphatic rings. The molecule has 2 amide bonds. The summed E-state index contributed by atoms with van der Waals surface area (Å²) >= 11 is 3.49. The molecule has 2 fully saturated rings. The Kier molecular flexibility index (Phi) is 6.66. The molecule has 0 radical (unpaired) electrons. The third-order valence-corrected chi connectivity index (χ3v) is 5.52. The molecule has 132 valence electrons. The van der Waals surface area contributed by atoms with Gasteiger partial charge in [0, 0.05) is 24.1 Å². The lowest BCUT2D eigenvalue weighted by Crippen LogP contribution is -2.47. The smallest absolute Gasteiger partial charge is 0.239 e. The van der Waals surface area contributed by atoms with Gasteiger partial charge in [-0.15, -0.1) is 12.4 Å². The molecule has 2 aliphatic heterocycles. The van der Waals surface area contributed by atoms with Crippen LogP contribution in [-0.4, -0.2) is 49.4 Å². The van der Waals surface area contributed by atoms with Gasteiger partial charge in [0.15, 0.2) is 0 Å². The van der Waals surface area contributed by atoms with E-state index < -0.39 is 5.92 Å². The molecular weight excluding hydrogens is 394 g/mol. The third kappa shape index (κ3) is 3.76. The molecule has 2 heterocycles. The van der Waals surface area contributed by atoms with Gasteiger partial charge in [-0.1, -0.05) is 12.1 Å². The van der Waals surface area contributed by atoms with Crippen LogP contribution in [0.15, 0.2) is 28.7 Å². The van der Waals surface area contributed by atoms with E-state index in [1.54, 1.807) is 9.80 Å². The van der Waals surface area contributed by atoms with Crippen molar-refractivity contribution in [2.24, 2.45) is 5.92 Å². The van der Waals surface area contributed by atoms with Gasteiger partial charge in [0.25, 0.3) is 0 Å². The van der Waals surface area contributed by atoms with Crippen molar-refractivity contribution >= 4 is 45.8 Å². The summed E-state index contributed by atoms with van der Waals surface area (Å²) in [6, 6.07) is 7.89. The van der Waals surface area contributed by atoms with Crippen molar-refractivity contribution in [2.75, 3.05) is 31.6 Å². The van der Waals surface area contributed by atoms with Gasteiger partial charge < -0.3 is 15.1 Å². The van der Waals surface area contributed by atoms with Gasteiger partial charge >= 0.3 is 0 Å². The second-order valence-electron chi connectivity index (χ2n) is 6.21. The van der Waals surface area contributed by atoms with Crippen LogP contribution in [0.4, 0.5) is 5.69 Å². The standard InChI is InChI=1S/C17H22BrN3O2.ClH/c1-20(12-6-9-19-10-7-12)16(22)13-8-11-21(17(13)23)15-5-3-2-4-14(15)18;/h2-5,12-13,19H,6-11H2,1H3;1H. The monoisotopic (exact) mass is 415 g/mol. The minimum atomic E-state index is -0.540. The van der Waals surface area contributed by atoms with Crippen molar-refractivity contribution < 1.29 is 9.59 Å². The van der Waals surface area contributed by atoms with Gasteiger partial charge in [0.05, 0.1) is 5.69 Å². The number of amides is 2. The zero-order chi connectivity index (χ0) is 16.4. The average Bonchev–Trinajstić information content (AvgIpc) is 2.96. The van der Waals surface area contributed by atoms with E-state index >= 15 is 0 Å². The molecule has 0 spiro atoms. The molecule has 5 nitrogen and oxygen atoms in total. The van der Waals surface area contributed by atoms with E-state index in [-0.39, 0.29) is 30.3 Å². The largest absolute Gasteiger partial charge is 0.342 e. The number of nitrogens with one attached hydrogen (secondary N) is 1. The van der Waals surface area contributed by atoms with E-state index in [2.05, 4.69) is 21.2 Å². The van der Waals surface area contributed by atoms with Crippen molar-refractivity contribution in [1.82, 2.24) is 10.2 Å². The molecule has 0 bridgehead atoms. The average molecular weight is 417 g/mol. The summed E-state index contributed by atoms with van der Waals surface area (Å²) in [5.41, 5.74) is 0.845. The Labute approximate surface area is 157 Å². The van der Waals surface area contributed by atoms with Gasteiger partial charge in [-0.2, -0.15) is 0 Å². The first-order valence-corrected chi connectivity index (χ1v) is 8.92. The normalized spacial score (nSPS) is 21.5. The number of carbonyl (C=O) groups is 2. The number of benzene rings is 1. The van der Waals surface area contributed by atoms with Crippen molar-refractivity contribution in [3.63, 3.8) is 0 Å². The zero-order valence-corrected chi connectivity index (χ0v) is 16.1. The summed E-state index contributed by atoms with van der Waals surface area (Å²) in [6.45, 7) is 2.46. The summed E-state index contributed by atoms with van der Waals surface area (Å²) in [5.74, 6) is -0.652. The SMILES string of the molecule is CN(C(=O)C1CCN(c2ccccc2Br)C1=O)C1CCNCC1.Cl. The topological polar surface area (TPSA) is 52.7 Å². The highest BCUT2D eigenvalue weighted by Gasteiger charge is 2.40. The van der Waals surface area contributed by atoms with E-state index in [1.165, 1.54) is 0 Å². The number of para-hydroxylation sites is 1. The number of anilines is 1. The van der Waals surface area contributed by atoms with Gasteiger partial charge in [0.2, 0.25) is 11.8 Å². The van der Waals surface area contributed by atoms with Gasteiger partial charge in [0.1, 0.15) is 5.92 Å². The van der Waals surface area contributed by atoms with E-state index in [0.29, 0.717) is 13.0 Å². The second-order valence-corrected chi connectivity index (χ2v) is 7.07. The molecule has 1 atom stereocenters. The Hall–Kier alpha value is -1.11. The zero-order valence-electron chi connectivity index (χ0n) is 13.7. The molecule has 1 aromatic rings. The number of rotatable bonds is 3. The fourth-order valence-electron chi connectivity index (χ4n) is 3.44. The lowest BCUT2D eigenvalue weighted by Gasteiger charge is -2.33. The van der Waals surface area contributed by atoms with Gasteiger partial charge in [-0.05, 0) is 60.4 Å². The molecule has 0 saturated carbocycles.